The summed E-state index contributed by atoms with van der Waals surface area (Å²) in [7, 11) is 0. The van der Waals surface area contributed by atoms with Gasteiger partial charge in [0.2, 0.25) is 0 Å². The van der Waals surface area contributed by atoms with Crippen LogP contribution in [0.1, 0.15) is 29.2 Å². The molecule has 0 bridgehead atoms. The number of para-hydroxylation sites is 1. The quantitative estimate of drug-likeness (QED) is 0.555. The summed E-state index contributed by atoms with van der Waals surface area (Å²) in [5.74, 6) is 1.04. The van der Waals surface area contributed by atoms with Gasteiger partial charge in [-0.05, 0) is 31.0 Å². The summed E-state index contributed by atoms with van der Waals surface area (Å²) < 4.78 is 3.72. The van der Waals surface area contributed by atoms with Crippen molar-refractivity contribution in [3.63, 3.8) is 0 Å². The van der Waals surface area contributed by atoms with Crippen molar-refractivity contribution in [1.82, 2.24) is 19.6 Å². The highest BCUT2D eigenvalue weighted by Crippen LogP contribution is 2.30. The van der Waals surface area contributed by atoms with Crippen molar-refractivity contribution in [1.29, 1.82) is 0 Å². The Morgan fingerprint density at radius 1 is 1.22 bits per heavy atom. The summed E-state index contributed by atoms with van der Waals surface area (Å²) in [6.45, 7) is 6.97. The normalized spacial score (nSPS) is 11.4. The van der Waals surface area contributed by atoms with E-state index in [1.54, 1.807) is 6.20 Å². The lowest BCUT2D eigenvalue weighted by atomic mass is 10.2. The van der Waals surface area contributed by atoms with Gasteiger partial charge in [0.15, 0.2) is 0 Å². The molecule has 27 heavy (non-hydrogen) atoms. The summed E-state index contributed by atoms with van der Waals surface area (Å²) in [6.07, 6.45) is 1.71. The average molecular weight is 379 g/mol. The highest BCUT2D eigenvalue weighted by Gasteiger charge is 2.18. The van der Waals surface area contributed by atoms with E-state index >= 15 is 0 Å². The van der Waals surface area contributed by atoms with Crippen LogP contribution in [0.3, 0.4) is 0 Å². The van der Waals surface area contributed by atoms with Crippen LogP contribution in [0, 0.1) is 12.8 Å². The minimum Gasteiger partial charge on any atom is -0.306 e. The number of carbonyl (C=O) groups is 1. The number of hydrogen-bond donors (Lipinski definition) is 1. The first-order valence-corrected chi connectivity index (χ1v) is 9.72. The van der Waals surface area contributed by atoms with Crippen LogP contribution in [0.5, 0.6) is 0 Å². The molecule has 0 aliphatic carbocycles. The molecule has 3 aromatic heterocycles. The SMILES string of the molecule is Cc1nn(-c2ccccc2)c2sc(C(=O)Nc3ccnn3CC(C)C)cc12. The third-order valence-corrected chi connectivity index (χ3v) is 5.37. The van der Waals surface area contributed by atoms with Gasteiger partial charge in [0.1, 0.15) is 10.6 Å². The maximum atomic E-state index is 12.8. The van der Waals surface area contributed by atoms with E-state index in [2.05, 4.69) is 29.4 Å². The molecule has 0 aliphatic rings. The van der Waals surface area contributed by atoms with Crippen LogP contribution in [-0.2, 0) is 6.54 Å². The molecule has 138 valence electrons. The Bertz CT molecular complexity index is 1090. The summed E-state index contributed by atoms with van der Waals surface area (Å²) >= 11 is 1.45. The zero-order valence-corrected chi connectivity index (χ0v) is 16.3. The molecule has 0 aliphatic heterocycles. The summed E-state index contributed by atoms with van der Waals surface area (Å²) in [6, 6.07) is 13.7. The molecular formula is C20H21N5OS. The Morgan fingerprint density at radius 2 is 2.00 bits per heavy atom. The second-order valence-corrected chi connectivity index (χ2v) is 7.94. The number of hydrogen-bond acceptors (Lipinski definition) is 4. The van der Waals surface area contributed by atoms with Gasteiger partial charge in [0.25, 0.3) is 5.91 Å². The molecule has 1 aromatic carbocycles. The van der Waals surface area contributed by atoms with Crippen molar-refractivity contribution in [2.75, 3.05) is 5.32 Å². The molecule has 1 amide bonds. The molecule has 0 fully saturated rings. The number of fused-ring (bicyclic) bond motifs is 1. The summed E-state index contributed by atoms with van der Waals surface area (Å²) in [4.78, 5) is 14.4. The maximum Gasteiger partial charge on any atom is 0.266 e. The highest BCUT2D eigenvalue weighted by atomic mass is 32.1. The van der Waals surface area contributed by atoms with Crippen LogP contribution in [-0.4, -0.2) is 25.5 Å². The molecule has 0 saturated carbocycles. The number of aromatic nitrogens is 4. The predicted octanol–water partition coefficient (Wildman–Crippen LogP) is 4.50. The predicted molar refractivity (Wildman–Crippen MR) is 109 cm³/mol. The molecule has 4 aromatic rings. The first-order chi connectivity index (χ1) is 13.0. The maximum absolute atomic E-state index is 12.8. The van der Waals surface area contributed by atoms with Crippen molar-refractivity contribution in [3.8, 4) is 5.69 Å². The number of benzene rings is 1. The molecular weight excluding hydrogens is 358 g/mol. The number of nitrogens with zero attached hydrogens (tertiary/aromatic N) is 4. The largest absolute Gasteiger partial charge is 0.306 e. The molecule has 0 atom stereocenters. The molecule has 0 spiro atoms. The molecule has 0 saturated heterocycles. The van der Waals surface area contributed by atoms with Gasteiger partial charge >= 0.3 is 0 Å². The molecule has 1 N–H and O–H groups in total. The zero-order chi connectivity index (χ0) is 19.0. The van der Waals surface area contributed by atoms with E-state index in [4.69, 9.17) is 0 Å². The van der Waals surface area contributed by atoms with E-state index in [1.807, 2.05) is 58.8 Å². The average Bonchev–Trinajstić information content (AvgIpc) is 3.33. The Kier molecular flexibility index (Phi) is 4.53. The van der Waals surface area contributed by atoms with E-state index in [-0.39, 0.29) is 5.91 Å². The third kappa shape index (κ3) is 3.38. The van der Waals surface area contributed by atoms with Gasteiger partial charge in [-0.3, -0.25) is 4.79 Å². The van der Waals surface area contributed by atoms with E-state index in [9.17, 15) is 4.79 Å². The van der Waals surface area contributed by atoms with E-state index in [1.165, 1.54) is 11.3 Å². The molecule has 0 unspecified atom stereocenters. The number of amides is 1. The number of rotatable bonds is 5. The minimum absolute atomic E-state index is 0.124. The molecule has 0 radical (unpaired) electrons. The molecule has 7 heteroatoms. The summed E-state index contributed by atoms with van der Waals surface area (Å²) in [5.41, 5.74) is 1.90. The smallest absolute Gasteiger partial charge is 0.266 e. The van der Waals surface area contributed by atoms with E-state index in [0.29, 0.717) is 16.6 Å². The topological polar surface area (TPSA) is 64.7 Å². The van der Waals surface area contributed by atoms with Crippen molar-refractivity contribution < 1.29 is 4.79 Å². The van der Waals surface area contributed by atoms with Crippen molar-refractivity contribution in [2.45, 2.75) is 27.3 Å². The number of thiophene rings is 1. The summed E-state index contributed by atoms with van der Waals surface area (Å²) in [5, 5.41) is 12.9. The van der Waals surface area contributed by atoms with Gasteiger partial charge in [0, 0.05) is 18.0 Å². The van der Waals surface area contributed by atoms with Crippen molar-refractivity contribution in [2.24, 2.45) is 5.92 Å². The zero-order valence-electron chi connectivity index (χ0n) is 15.5. The van der Waals surface area contributed by atoms with Crippen LogP contribution in [0.15, 0.2) is 48.7 Å². The molecule has 3 heterocycles. The number of nitrogens with one attached hydrogen (secondary N) is 1. The first-order valence-electron chi connectivity index (χ1n) is 8.90. The molecule has 4 rings (SSSR count). The van der Waals surface area contributed by atoms with E-state index < -0.39 is 0 Å². The lowest BCUT2D eigenvalue weighted by molar-refractivity contribution is 0.102. The fourth-order valence-electron chi connectivity index (χ4n) is 3.01. The molecule has 6 nitrogen and oxygen atoms in total. The van der Waals surface area contributed by atoms with Crippen LogP contribution in [0.2, 0.25) is 0 Å². The van der Waals surface area contributed by atoms with Crippen LogP contribution >= 0.6 is 11.3 Å². The van der Waals surface area contributed by atoms with Gasteiger partial charge in [-0.2, -0.15) is 10.2 Å². The highest BCUT2D eigenvalue weighted by molar-refractivity contribution is 7.20. The van der Waals surface area contributed by atoms with Gasteiger partial charge in [-0.15, -0.1) is 11.3 Å². The van der Waals surface area contributed by atoms with Crippen LogP contribution < -0.4 is 5.32 Å². The monoisotopic (exact) mass is 379 g/mol. The Balaban J connectivity index is 1.65. The standard InChI is InChI=1S/C20H21N5OS/c1-13(2)12-24-18(9-10-21-24)22-19(26)17-11-16-14(3)23-25(20(16)27-17)15-7-5-4-6-8-15/h4-11,13H,12H2,1-3H3,(H,22,26). The Hall–Kier alpha value is -2.93. The Labute approximate surface area is 161 Å². The van der Waals surface area contributed by atoms with Crippen LogP contribution in [0.4, 0.5) is 5.82 Å². The lowest BCUT2D eigenvalue weighted by Crippen LogP contribution is -2.16. The van der Waals surface area contributed by atoms with E-state index in [0.717, 1.165) is 28.1 Å². The number of anilines is 1. The first kappa shape index (κ1) is 17.5. The second-order valence-electron chi connectivity index (χ2n) is 6.91. The van der Waals surface area contributed by atoms with Crippen LogP contribution in [0.25, 0.3) is 15.9 Å². The fraction of sp³-hybridized carbons (Fsp3) is 0.250. The number of aryl methyl sites for hydroxylation is 1. The fourth-order valence-corrected chi connectivity index (χ4v) is 4.09. The van der Waals surface area contributed by atoms with Gasteiger partial charge in [-0.25, -0.2) is 9.36 Å². The second kappa shape index (κ2) is 7.00. The van der Waals surface area contributed by atoms with Gasteiger partial charge < -0.3 is 5.32 Å². The Morgan fingerprint density at radius 3 is 2.74 bits per heavy atom. The number of carbonyl (C=O) groups excluding carboxylic acids is 1. The van der Waals surface area contributed by atoms with Crippen molar-refractivity contribution in [3.05, 3.63) is 59.2 Å². The minimum atomic E-state index is -0.124. The van der Waals surface area contributed by atoms with Crippen molar-refractivity contribution >= 4 is 33.3 Å². The van der Waals surface area contributed by atoms with Gasteiger partial charge in [-0.1, -0.05) is 32.0 Å². The van der Waals surface area contributed by atoms with Gasteiger partial charge in [0.05, 0.1) is 22.5 Å². The lowest BCUT2D eigenvalue weighted by Gasteiger charge is -2.10. The third-order valence-electron chi connectivity index (χ3n) is 4.27.